The third kappa shape index (κ3) is 6.14. The number of Topliss-reactive ketones (excluding diaryl/α,β-unsaturated/α-hetero) is 1. The number of nitrogens with zero attached hydrogens (tertiary/aromatic N) is 5. The summed E-state index contributed by atoms with van der Waals surface area (Å²) in [5.74, 6) is -0.259. The van der Waals surface area contributed by atoms with Gasteiger partial charge in [0.2, 0.25) is 0 Å². The molecule has 3 aromatic rings. The molecule has 3 aliphatic rings. The fourth-order valence-electron chi connectivity index (χ4n) is 5.02. The predicted molar refractivity (Wildman–Crippen MR) is 151 cm³/mol. The first-order valence-corrected chi connectivity index (χ1v) is 18.0. The van der Waals surface area contributed by atoms with Crippen molar-refractivity contribution in [2.24, 2.45) is 0 Å². The smallest absolute Gasteiger partial charge is 0.386 e. The molecule has 3 fully saturated rings. The molecule has 0 spiro atoms. The second-order valence-electron chi connectivity index (χ2n) is 9.88. The van der Waals surface area contributed by atoms with E-state index in [4.69, 9.17) is 45.1 Å². The third-order valence-electron chi connectivity index (χ3n) is 7.05. The second kappa shape index (κ2) is 11.7. The molecule has 0 saturated carbocycles. The molecule has 4 N–H and O–H groups in total. The maximum absolute atomic E-state index is 16.0. The highest BCUT2D eigenvalue weighted by Crippen LogP contribution is 2.59. The van der Waals surface area contributed by atoms with E-state index in [1.54, 1.807) is 0 Å². The number of fused-ring (bicyclic) bond motifs is 4. The van der Waals surface area contributed by atoms with E-state index in [1.807, 2.05) is 0 Å². The third-order valence-corrected chi connectivity index (χ3v) is 10.2. The molecule has 6 rings (SSSR count). The van der Waals surface area contributed by atoms with Gasteiger partial charge in [0, 0.05) is 13.1 Å². The van der Waals surface area contributed by atoms with Gasteiger partial charge < -0.3 is 29.7 Å². The fourth-order valence-corrected chi connectivity index (χ4v) is 7.92. The minimum absolute atomic E-state index is 0.0633. The molecule has 3 saturated heterocycles. The van der Waals surface area contributed by atoms with Crippen LogP contribution in [-0.4, -0.2) is 90.2 Å². The Hall–Kier alpha value is -1.99. The Kier molecular flexibility index (Phi) is 8.47. The summed E-state index contributed by atoms with van der Waals surface area (Å²) in [6.07, 6.45) is -7.62. The van der Waals surface area contributed by atoms with Gasteiger partial charge in [0.1, 0.15) is 54.2 Å². The van der Waals surface area contributed by atoms with E-state index in [0.717, 1.165) is 0 Å². The zero-order chi connectivity index (χ0) is 30.7. The maximum Gasteiger partial charge on any atom is 0.386 e. The van der Waals surface area contributed by atoms with Crippen molar-refractivity contribution in [2.75, 3.05) is 18.9 Å². The molecule has 3 aliphatic heterocycles. The van der Waals surface area contributed by atoms with Gasteiger partial charge in [-0.3, -0.25) is 27.9 Å². The normalized spacial score (nSPS) is 38.6. The first kappa shape index (κ1) is 31.0. The van der Waals surface area contributed by atoms with Crippen LogP contribution in [0.2, 0.25) is 0 Å². The largest absolute Gasteiger partial charge is 0.387 e. The van der Waals surface area contributed by atoms with Crippen LogP contribution in [0, 0.1) is 0 Å². The molecule has 10 atom stereocenters. The summed E-state index contributed by atoms with van der Waals surface area (Å²) in [4.78, 5) is 38.9. The van der Waals surface area contributed by atoms with Crippen LogP contribution in [0.5, 0.6) is 0 Å². The Morgan fingerprint density at radius 2 is 1.93 bits per heavy atom. The number of aromatic nitrogens is 5. The van der Waals surface area contributed by atoms with Crippen LogP contribution in [0.4, 0.5) is 10.2 Å². The summed E-state index contributed by atoms with van der Waals surface area (Å²) >= 11 is 9.21. The molecule has 2 bridgehead atoms. The van der Waals surface area contributed by atoms with Crippen LogP contribution >= 0.6 is 25.8 Å². The number of thiol groups is 1. The molecule has 0 aromatic carbocycles. The summed E-state index contributed by atoms with van der Waals surface area (Å²) < 4.78 is 64.6. The Morgan fingerprint density at radius 3 is 2.70 bits per heavy atom. The van der Waals surface area contributed by atoms with Crippen LogP contribution in [0.15, 0.2) is 31.0 Å². The van der Waals surface area contributed by atoms with E-state index in [1.165, 1.54) is 42.5 Å². The molecule has 3 aromatic heterocycles. The molecular weight excluding hydrogens is 653 g/mol. The zero-order valence-corrected chi connectivity index (χ0v) is 25.5. The first-order valence-electron chi connectivity index (χ1n) is 12.7. The van der Waals surface area contributed by atoms with Crippen molar-refractivity contribution in [1.29, 1.82) is 0 Å². The monoisotopic (exact) mass is 678 g/mol. The SMILES string of the molecule is CC(=O)c1cc([C@@H]2O[C@@H]3COP(O)(=S)O[C@H]4[C@@H](F)[C@H](n5cnc6c(N)ncnc65)O[C@@H]4COP(=O)(S)O[C@@H]2[C@@H]3O)ccn1. The number of ether oxygens (including phenoxy) is 2. The van der Waals surface area contributed by atoms with E-state index in [2.05, 4.69) is 32.2 Å². The van der Waals surface area contributed by atoms with Crippen LogP contribution in [0.25, 0.3) is 11.2 Å². The molecular formula is C22H25FN6O10P2S2. The minimum atomic E-state index is -4.31. The van der Waals surface area contributed by atoms with Gasteiger partial charge >= 0.3 is 13.5 Å². The van der Waals surface area contributed by atoms with Crippen molar-refractivity contribution in [3.63, 3.8) is 0 Å². The number of imidazole rings is 1. The van der Waals surface area contributed by atoms with Crippen LogP contribution in [0.1, 0.15) is 35.3 Å². The average Bonchev–Trinajstić information content (AvgIpc) is 3.61. The highest BCUT2D eigenvalue weighted by atomic mass is 32.7. The molecule has 43 heavy (non-hydrogen) atoms. The lowest BCUT2D eigenvalue weighted by Crippen LogP contribution is -2.34. The molecule has 2 unspecified atom stereocenters. The molecule has 16 nitrogen and oxygen atoms in total. The lowest BCUT2D eigenvalue weighted by Gasteiger charge is -2.26. The number of halogens is 1. The van der Waals surface area contributed by atoms with Crippen molar-refractivity contribution in [2.45, 2.75) is 55.9 Å². The lowest BCUT2D eigenvalue weighted by molar-refractivity contribution is -0.0467. The first-order chi connectivity index (χ1) is 20.3. The number of hydrogen-bond donors (Lipinski definition) is 4. The standard InChI is InChI=1S/C22H25FN6O10P2S2/c1-9(30)11-4-10(2-3-25-11)17-19-16(31)12(36-17)5-34-40(32,42)38-18-13(6-35-41(33,43)39-19)37-22(14(18)23)29-8-28-15-20(24)26-7-27-21(15)29/h2-4,7-8,12-14,16-19,22,31H,5-6H2,1H3,(H,32,42)(H,33,43)(H2,24,26,27)/t12-,13-,14-,16-,17+,18-,19-,22-,40?,41?/m1/s1. The van der Waals surface area contributed by atoms with Gasteiger partial charge in [0.15, 0.2) is 29.6 Å². The summed E-state index contributed by atoms with van der Waals surface area (Å²) in [6.45, 7) is -8.33. The van der Waals surface area contributed by atoms with Crippen molar-refractivity contribution in [3.8, 4) is 0 Å². The van der Waals surface area contributed by atoms with Crippen molar-refractivity contribution >= 4 is 60.3 Å². The van der Waals surface area contributed by atoms with Crippen molar-refractivity contribution < 1.29 is 51.3 Å². The molecule has 21 heteroatoms. The van der Waals surface area contributed by atoms with Gasteiger partial charge in [0.25, 0.3) is 0 Å². The van der Waals surface area contributed by atoms with Gasteiger partial charge in [-0.05, 0) is 29.5 Å². The van der Waals surface area contributed by atoms with Crippen LogP contribution in [-0.2, 0) is 43.9 Å². The number of pyridine rings is 1. The number of alkyl halides is 1. The molecule has 0 aliphatic carbocycles. The van der Waals surface area contributed by atoms with E-state index in [0.29, 0.717) is 5.56 Å². The number of anilines is 1. The Labute approximate surface area is 253 Å². The molecule has 0 radical (unpaired) electrons. The van der Waals surface area contributed by atoms with Crippen molar-refractivity contribution in [1.82, 2.24) is 24.5 Å². The highest BCUT2D eigenvalue weighted by molar-refractivity contribution is 8.44. The highest BCUT2D eigenvalue weighted by Gasteiger charge is 2.53. The number of rotatable bonds is 3. The second-order valence-corrected chi connectivity index (χ2v) is 15.5. The van der Waals surface area contributed by atoms with Gasteiger partial charge in [-0.1, -0.05) is 12.2 Å². The van der Waals surface area contributed by atoms with Gasteiger partial charge in [-0.25, -0.2) is 23.9 Å². The predicted octanol–water partition coefficient (Wildman–Crippen LogP) is 1.81. The quantitative estimate of drug-likeness (QED) is 0.177. The van der Waals surface area contributed by atoms with E-state index in [9.17, 15) is 19.4 Å². The van der Waals surface area contributed by atoms with Gasteiger partial charge in [-0.2, -0.15) is 0 Å². The number of ketones is 1. The topological polar surface area (TPSA) is 212 Å². The molecule has 0 amide bonds. The summed E-state index contributed by atoms with van der Waals surface area (Å²) in [6, 6.07) is 2.95. The van der Waals surface area contributed by atoms with E-state index >= 15 is 4.39 Å². The van der Waals surface area contributed by atoms with Crippen molar-refractivity contribution in [3.05, 3.63) is 42.2 Å². The summed E-state index contributed by atoms with van der Waals surface area (Å²) in [7, 11) is 0. The van der Waals surface area contributed by atoms with Crippen LogP contribution < -0.4 is 5.73 Å². The molecule has 6 heterocycles. The van der Waals surface area contributed by atoms with E-state index < -0.39 is 75.8 Å². The fraction of sp³-hybridized carbons (Fsp3) is 0.500. The van der Waals surface area contributed by atoms with Gasteiger partial charge in [0.05, 0.1) is 19.5 Å². The Morgan fingerprint density at radius 1 is 1.16 bits per heavy atom. The van der Waals surface area contributed by atoms with E-state index in [-0.39, 0.29) is 28.5 Å². The lowest BCUT2D eigenvalue weighted by atomic mass is 10.0. The number of aliphatic hydroxyl groups excluding tert-OH is 1. The van der Waals surface area contributed by atoms with Gasteiger partial charge in [-0.15, -0.1) is 0 Å². The number of nitrogens with two attached hydrogens (primary N) is 1. The Balaban J connectivity index is 1.30. The number of carbonyl (C=O) groups excluding carboxylic acids is 1. The summed E-state index contributed by atoms with van der Waals surface area (Å²) in [5, 5.41) is 11.0. The zero-order valence-electron chi connectivity index (χ0n) is 22.0. The summed E-state index contributed by atoms with van der Waals surface area (Å²) in [5.41, 5.74) is 6.69. The molecule has 232 valence electrons. The number of nitrogen functional groups attached to an aromatic ring is 1. The maximum atomic E-state index is 16.0. The number of carbonyl (C=O) groups is 1. The van der Waals surface area contributed by atoms with Crippen LogP contribution in [0.3, 0.4) is 0 Å². The number of hydrogen-bond acceptors (Lipinski definition) is 15. The average molecular weight is 679 g/mol. The number of aliphatic hydroxyl groups is 1. The Bertz CT molecular complexity index is 1650. The minimum Gasteiger partial charge on any atom is -0.387 e.